The molecule has 0 saturated heterocycles. The van der Waals surface area contributed by atoms with Gasteiger partial charge in [0.15, 0.2) is 0 Å². The highest BCUT2D eigenvalue weighted by Crippen LogP contribution is 2.17. The summed E-state index contributed by atoms with van der Waals surface area (Å²) in [5.74, 6) is -0.0140. The van der Waals surface area contributed by atoms with Gasteiger partial charge in [0.2, 0.25) is 0 Å². The first-order valence-corrected chi connectivity index (χ1v) is 6.82. The van der Waals surface area contributed by atoms with Crippen LogP contribution >= 0.6 is 0 Å². The fourth-order valence-corrected chi connectivity index (χ4v) is 1.77. The Morgan fingerprint density at radius 3 is 2.74 bits per heavy atom. The minimum absolute atomic E-state index is 0.0140. The standard InChI is InChI=1S/C15H24N2O2/c1-4-10-16-14-8-6-5-7-13(14)15(19)17(3)11-9-12(2)18/h5-8,12,16,18H,4,9-11H2,1-3H3. The first-order chi connectivity index (χ1) is 9.06. The van der Waals surface area contributed by atoms with E-state index in [9.17, 15) is 9.90 Å². The average Bonchev–Trinajstić information content (AvgIpc) is 2.42. The average molecular weight is 264 g/mol. The van der Waals surface area contributed by atoms with Gasteiger partial charge in [-0.2, -0.15) is 0 Å². The maximum Gasteiger partial charge on any atom is 0.255 e. The number of carbonyl (C=O) groups excluding carboxylic acids is 1. The van der Waals surface area contributed by atoms with E-state index < -0.39 is 0 Å². The molecule has 4 nitrogen and oxygen atoms in total. The normalized spacial score (nSPS) is 12.0. The molecule has 0 aromatic heterocycles. The highest BCUT2D eigenvalue weighted by atomic mass is 16.3. The number of hydrogen-bond donors (Lipinski definition) is 2. The minimum atomic E-state index is -0.385. The van der Waals surface area contributed by atoms with E-state index in [2.05, 4.69) is 12.2 Å². The Hall–Kier alpha value is -1.55. The quantitative estimate of drug-likeness (QED) is 0.795. The van der Waals surface area contributed by atoms with Gasteiger partial charge in [0.1, 0.15) is 0 Å². The van der Waals surface area contributed by atoms with E-state index in [0.717, 1.165) is 18.7 Å². The molecule has 0 aliphatic heterocycles. The van der Waals surface area contributed by atoms with Crippen LogP contribution in [0.2, 0.25) is 0 Å². The number of aliphatic hydroxyl groups is 1. The lowest BCUT2D eigenvalue weighted by atomic mass is 10.1. The summed E-state index contributed by atoms with van der Waals surface area (Å²) in [5.41, 5.74) is 1.56. The number of rotatable bonds is 7. The second kappa shape index (κ2) is 7.79. The number of para-hydroxylation sites is 1. The molecular formula is C15H24N2O2. The molecule has 106 valence electrons. The molecule has 4 heteroatoms. The van der Waals surface area contributed by atoms with Crippen LogP contribution in [0, 0.1) is 0 Å². The second-order valence-electron chi connectivity index (χ2n) is 4.84. The van der Waals surface area contributed by atoms with E-state index in [4.69, 9.17) is 0 Å². The van der Waals surface area contributed by atoms with Crippen molar-refractivity contribution < 1.29 is 9.90 Å². The molecule has 1 unspecified atom stereocenters. The number of benzene rings is 1. The van der Waals surface area contributed by atoms with Crippen molar-refractivity contribution in [2.45, 2.75) is 32.8 Å². The van der Waals surface area contributed by atoms with Crippen molar-refractivity contribution >= 4 is 11.6 Å². The topological polar surface area (TPSA) is 52.6 Å². The smallest absolute Gasteiger partial charge is 0.255 e. The summed E-state index contributed by atoms with van der Waals surface area (Å²) >= 11 is 0. The van der Waals surface area contributed by atoms with E-state index >= 15 is 0 Å². The summed E-state index contributed by atoms with van der Waals surface area (Å²) in [4.78, 5) is 14.0. The monoisotopic (exact) mass is 264 g/mol. The van der Waals surface area contributed by atoms with Gasteiger partial charge in [-0.05, 0) is 31.9 Å². The maximum atomic E-state index is 12.3. The lowest BCUT2D eigenvalue weighted by Gasteiger charge is -2.20. The van der Waals surface area contributed by atoms with Gasteiger partial charge in [-0.1, -0.05) is 19.1 Å². The molecule has 0 bridgehead atoms. The van der Waals surface area contributed by atoms with E-state index in [0.29, 0.717) is 18.5 Å². The molecule has 19 heavy (non-hydrogen) atoms. The van der Waals surface area contributed by atoms with E-state index in [1.807, 2.05) is 24.3 Å². The molecule has 1 amide bonds. The zero-order valence-electron chi connectivity index (χ0n) is 12.0. The number of nitrogens with one attached hydrogen (secondary N) is 1. The molecule has 0 heterocycles. The summed E-state index contributed by atoms with van der Waals surface area (Å²) in [7, 11) is 1.77. The van der Waals surface area contributed by atoms with E-state index in [-0.39, 0.29) is 12.0 Å². The lowest BCUT2D eigenvalue weighted by Crippen LogP contribution is -2.30. The van der Waals surface area contributed by atoms with Crippen molar-refractivity contribution in [2.75, 3.05) is 25.5 Å². The Morgan fingerprint density at radius 1 is 1.42 bits per heavy atom. The van der Waals surface area contributed by atoms with E-state index in [1.165, 1.54) is 0 Å². The third-order valence-electron chi connectivity index (χ3n) is 2.95. The molecule has 0 radical (unpaired) electrons. The van der Waals surface area contributed by atoms with Gasteiger partial charge in [0.25, 0.3) is 5.91 Å². The van der Waals surface area contributed by atoms with Crippen LogP contribution < -0.4 is 5.32 Å². The maximum absolute atomic E-state index is 12.3. The van der Waals surface area contributed by atoms with Gasteiger partial charge in [0.05, 0.1) is 11.7 Å². The first-order valence-electron chi connectivity index (χ1n) is 6.82. The molecule has 0 aliphatic rings. The number of nitrogens with zero attached hydrogens (tertiary/aromatic N) is 1. The molecule has 1 aromatic rings. The molecule has 1 aromatic carbocycles. The Bertz CT molecular complexity index is 405. The molecule has 1 atom stereocenters. The zero-order chi connectivity index (χ0) is 14.3. The first kappa shape index (κ1) is 15.5. The van der Waals surface area contributed by atoms with Gasteiger partial charge in [-0.25, -0.2) is 0 Å². The van der Waals surface area contributed by atoms with Gasteiger partial charge < -0.3 is 15.3 Å². The third kappa shape index (κ3) is 4.91. The van der Waals surface area contributed by atoms with Gasteiger partial charge in [-0.15, -0.1) is 0 Å². The molecule has 0 aliphatic carbocycles. The van der Waals surface area contributed by atoms with Crippen LogP contribution in [0.5, 0.6) is 0 Å². The predicted molar refractivity (Wildman–Crippen MR) is 78.5 cm³/mol. The van der Waals surface area contributed by atoms with Crippen molar-refractivity contribution in [3.8, 4) is 0 Å². The highest BCUT2D eigenvalue weighted by Gasteiger charge is 2.15. The van der Waals surface area contributed by atoms with Crippen molar-refractivity contribution in [3.05, 3.63) is 29.8 Å². The van der Waals surface area contributed by atoms with Crippen LogP contribution in [0.1, 0.15) is 37.0 Å². The van der Waals surface area contributed by atoms with Gasteiger partial charge >= 0.3 is 0 Å². The number of carbonyl (C=O) groups is 1. The Balaban J connectivity index is 2.74. The van der Waals surface area contributed by atoms with Gasteiger partial charge in [0, 0.05) is 25.8 Å². The number of anilines is 1. The Labute approximate surface area is 115 Å². The van der Waals surface area contributed by atoms with Crippen molar-refractivity contribution in [3.63, 3.8) is 0 Å². The highest BCUT2D eigenvalue weighted by molar-refractivity contribution is 5.99. The number of aliphatic hydroxyl groups excluding tert-OH is 1. The molecule has 0 spiro atoms. The largest absolute Gasteiger partial charge is 0.393 e. The van der Waals surface area contributed by atoms with Crippen molar-refractivity contribution in [2.24, 2.45) is 0 Å². The second-order valence-corrected chi connectivity index (χ2v) is 4.84. The SMILES string of the molecule is CCCNc1ccccc1C(=O)N(C)CCC(C)O. The fraction of sp³-hybridized carbons (Fsp3) is 0.533. The lowest BCUT2D eigenvalue weighted by molar-refractivity contribution is 0.0770. The van der Waals surface area contributed by atoms with Crippen LogP contribution in [0.4, 0.5) is 5.69 Å². The van der Waals surface area contributed by atoms with Crippen LogP contribution in [-0.2, 0) is 0 Å². The predicted octanol–water partition coefficient (Wildman–Crippen LogP) is 2.35. The Kier molecular flexibility index (Phi) is 6.36. The van der Waals surface area contributed by atoms with Gasteiger partial charge in [-0.3, -0.25) is 4.79 Å². The minimum Gasteiger partial charge on any atom is -0.393 e. The van der Waals surface area contributed by atoms with Crippen LogP contribution in [0.3, 0.4) is 0 Å². The molecule has 0 saturated carbocycles. The Morgan fingerprint density at radius 2 is 2.11 bits per heavy atom. The summed E-state index contributed by atoms with van der Waals surface area (Å²) in [5, 5.41) is 12.5. The van der Waals surface area contributed by atoms with Crippen molar-refractivity contribution in [1.29, 1.82) is 0 Å². The fourth-order valence-electron chi connectivity index (χ4n) is 1.77. The summed E-state index contributed by atoms with van der Waals surface area (Å²) in [6.07, 6.45) is 1.22. The molecular weight excluding hydrogens is 240 g/mol. The van der Waals surface area contributed by atoms with Crippen LogP contribution in [0.15, 0.2) is 24.3 Å². The molecule has 0 fully saturated rings. The van der Waals surface area contributed by atoms with Crippen LogP contribution in [-0.4, -0.2) is 42.2 Å². The molecule has 2 N–H and O–H groups in total. The summed E-state index contributed by atoms with van der Waals surface area (Å²) in [6.45, 7) is 5.22. The van der Waals surface area contributed by atoms with Crippen LogP contribution in [0.25, 0.3) is 0 Å². The van der Waals surface area contributed by atoms with E-state index in [1.54, 1.807) is 18.9 Å². The third-order valence-corrected chi connectivity index (χ3v) is 2.95. The number of hydrogen-bond acceptors (Lipinski definition) is 3. The zero-order valence-corrected chi connectivity index (χ0v) is 12.0. The summed E-state index contributed by atoms with van der Waals surface area (Å²) < 4.78 is 0. The molecule has 1 rings (SSSR count). The number of amides is 1. The summed E-state index contributed by atoms with van der Waals surface area (Å²) in [6, 6.07) is 7.54. The van der Waals surface area contributed by atoms with Crippen molar-refractivity contribution in [1.82, 2.24) is 4.90 Å².